The van der Waals surface area contributed by atoms with Crippen molar-refractivity contribution >= 4 is 11.9 Å². The number of rotatable bonds is 3. The number of carboxylic acids is 1. The Morgan fingerprint density at radius 2 is 1.96 bits per heavy atom. The highest BCUT2D eigenvalue weighted by molar-refractivity contribution is 5.95. The van der Waals surface area contributed by atoms with E-state index in [1.165, 1.54) is 18.2 Å². The smallest absolute Gasteiger partial charge is 0.418 e. The molecule has 132 valence electrons. The number of aliphatic carboxylic acids is 1. The van der Waals surface area contributed by atoms with Crippen LogP contribution in [0, 0.1) is 0 Å². The van der Waals surface area contributed by atoms with Crippen molar-refractivity contribution in [2.45, 2.75) is 25.1 Å². The number of hydrogen-bond acceptors (Lipinski definition) is 4. The topological polar surface area (TPSA) is 88.3 Å². The lowest BCUT2D eigenvalue weighted by Gasteiger charge is -2.19. The zero-order valence-electron chi connectivity index (χ0n) is 12.8. The van der Waals surface area contributed by atoms with Gasteiger partial charge in [0.05, 0.1) is 17.4 Å². The van der Waals surface area contributed by atoms with Gasteiger partial charge in [-0.2, -0.15) is 13.2 Å². The molecule has 10 heteroatoms. The van der Waals surface area contributed by atoms with Gasteiger partial charge in [0.1, 0.15) is 6.04 Å². The molecule has 25 heavy (non-hydrogen) atoms. The lowest BCUT2D eigenvalue weighted by atomic mass is 10.1. The molecule has 0 spiro atoms. The van der Waals surface area contributed by atoms with E-state index in [-0.39, 0.29) is 17.9 Å². The molecule has 0 saturated carbocycles. The lowest BCUT2D eigenvalue weighted by Crippen LogP contribution is -2.40. The van der Waals surface area contributed by atoms with E-state index in [0.717, 1.165) is 21.8 Å². The van der Waals surface area contributed by atoms with Crippen LogP contribution < -0.4 is 0 Å². The Labute approximate surface area is 139 Å². The second-order valence-corrected chi connectivity index (χ2v) is 5.56. The highest BCUT2D eigenvalue weighted by atomic mass is 19.4. The summed E-state index contributed by atoms with van der Waals surface area (Å²) in [5, 5.41) is 16.3. The van der Waals surface area contributed by atoms with E-state index in [1.54, 1.807) is 0 Å². The molecule has 0 unspecified atom stereocenters. The molecular weight excluding hydrogens is 341 g/mol. The number of nitrogens with zero attached hydrogens (tertiary/aromatic N) is 4. The molecule has 2 aromatic rings. The summed E-state index contributed by atoms with van der Waals surface area (Å²) in [4.78, 5) is 24.7. The van der Waals surface area contributed by atoms with Crippen LogP contribution in [0.2, 0.25) is 0 Å². The summed E-state index contributed by atoms with van der Waals surface area (Å²) in [6.45, 7) is 0.252. The molecule has 1 aromatic carbocycles. The maximum absolute atomic E-state index is 13.1. The van der Waals surface area contributed by atoms with Gasteiger partial charge >= 0.3 is 12.1 Å². The first-order chi connectivity index (χ1) is 11.8. The lowest BCUT2D eigenvalue weighted by molar-refractivity contribution is -0.141. The standard InChI is InChI=1S/C15H13F3N4O3/c16-15(17,18)9-4-1-2-5-11(9)22-8-10(19-20-22)13(23)21-7-3-6-12(21)14(24)25/h1-2,4-5,8,12H,3,6-7H2,(H,24,25)/t12-/m0/s1. The number of hydrogen-bond donors (Lipinski definition) is 1. The summed E-state index contributed by atoms with van der Waals surface area (Å²) < 4.78 is 40.1. The van der Waals surface area contributed by atoms with Gasteiger partial charge in [0, 0.05) is 6.54 Å². The largest absolute Gasteiger partial charge is 0.480 e. The highest BCUT2D eigenvalue weighted by Gasteiger charge is 2.36. The maximum atomic E-state index is 13.1. The predicted molar refractivity (Wildman–Crippen MR) is 78.1 cm³/mol. The van der Waals surface area contributed by atoms with Gasteiger partial charge in [-0.15, -0.1) is 5.10 Å². The van der Waals surface area contributed by atoms with Gasteiger partial charge in [0.2, 0.25) is 0 Å². The van der Waals surface area contributed by atoms with E-state index in [4.69, 9.17) is 5.11 Å². The molecule has 1 saturated heterocycles. The molecule has 1 fully saturated rings. The first-order valence-corrected chi connectivity index (χ1v) is 7.42. The first kappa shape index (κ1) is 16.9. The van der Waals surface area contributed by atoms with E-state index in [9.17, 15) is 22.8 Å². The number of carboxylic acid groups (broad SMARTS) is 1. The zero-order valence-corrected chi connectivity index (χ0v) is 12.8. The molecule has 1 atom stereocenters. The number of amides is 1. The van der Waals surface area contributed by atoms with Crippen LogP contribution in [-0.2, 0) is 11.0 Å². The molecule has 1 aliphatic heterocycles. The summed E-state index contributed by atoms with van der Waals surface area (Å²) in [5.74, 6) is -1.79. The van der Waals surface area contributed by atoms with Crippen LogP contribution in [0.1, 0.15) is 28.9 Å². The van der Waals surface area contributed by atoms with Crippen molar-refractivity contribution in [3.8, 4) is 5.69 Å². The number of benzene rings is 1. The number of aromatic nitrogens is 3. The molecule has 3 rings (SSSR count). The van der Waals surface area contributed by atoms with Gasteiger partial charge in [0.15, 0.2) is 5.69 Å². The quantitative estimate of drug-likeness (QED) is 0.910. The van der Waals surface area contributed by atoms with Crippen molar-refractivity contribution in [2.75, 3.05) is 6.54 Å². The van der Waals surface area contributed by atoms with Crippen LogP contribution >= 0.6 is 0 Å². The van der Waals surface area contributed by atoms with Crippen molar-refractivity contribution in [3.63, 3.8) is 0 Å². The van der Waals surface area contributed by atoms with E-state index in [1.807, 2.05) is 0 Å². The summed E-state index contributed by atoms with van der Waals surface area (Å²) in [6, 6.07) is 3.81. The number of alkyl halides is 3. The number of carbonyl (C=O) groups excluding carboxylic acids is 1. The molecule has 0 aliphatic carbocycles. The van der Waals surface area contributed by atoms with Gasteiger partial charge in [-0.1, -0.05) is 17.3 Å². The molecular formula is C15H13F3N4O3. The van der Waals surface area contributed by atoms with Crippen LogP contribution in [0.25, 0.3) is 5.69 Å². The first-order valence-electron chi connectivity index (χ1n) is 7.42. The highest BCUT2D eigenvalue weighted by Crippen LogP contribution is 2.33. The number of likely N-dealkylation sites (tertiary alicyclic amines) is 1. The number of carbonyl (C=O) groups is 2. The third-order valence-corrected chi connectivity index (χ3v) is 3.97. The van der Waals surface area contributed by atoms with Crippen molar-refractivity contribution in [3.05, 3.63) is 41.7 Å². The Bertz CT molecular complexity index is 818. The third kappa shape index (κ3) is 3.19. The van der Waals surface area contributed by atoms with Crippen molar-refractivity contribution in [2.24, 2.45) is 0 Å². The number of halogens is 3. The normalized spacial score (nSPS) is 17.7. The second-order valence-electron chi connectivity index (χ2n) is 5.56. The molecule has 2 heterocycles. The van der Waals surface area contributed by atoms with Gasteiger partial charge in [-0.25, -0.2) is 9.48 Å². The minimum absolute atomic E-state index is 0.204. The van der Waals surface area contributed by atoms with Gasteiger partial charge < -0.3 is 10.0 Å². The molecule has 1 aromatic heterocycles. The summed E-state index contributed by atoms with van der Waals surface area (Å²) in [7, 11) is 0. The summed E-state index contributed by atoms with van der Waals surface area (Å²) in [6.07, 6.45) is -2.65. The molecule has 0 radical (unpaired) electrons. The van der Waals surface area contributed by atoms with Crippen molar-refractivity contribution in [1.29, 1.82) is 0 Å². The Kier molecular flexibility index (Phi) is 4.19. The fourth-order valence-electron chi connectivity index (χ4n) is 2.81. The van der Waals surface area contributed by atoms with Gasteiger partial charge in [-0.05, 0) is 25.0 Å². The van der Waals surface area contributed by atoms with Crippen LogP contribution in [0.15, 0.2) is 30.5 Å². The van der Waals surface area contributed by atoms with Crippen LogP contribution in [0.4, 0.5) is 13.2 Å². The Hall–Kier alpha value is -2.91. The SMILES string of the molecule is O=C(O)[C@@H]1CCCN1C(=O)c1cn(-c2ccccc2C(F)(F)F)nn1. The fourth-order valence-corrected chi connectivity index (χ4v) is 2.81. The predicted octanol–water partition coefficient (Wildman–Crippen LogP) is 1.98. The van der Waals surface area contributed by atoms with E-state index in [2.05, 4.69) is 10.3 Å². The second kappa shape index (κ2) is 6.19. The van der Waals surface area contributed by atoms with E-state index >= 15 is 0 Å². The molecule has 1 amide bonds. The zero-order chi connectivity index (χ0) is 18.2. The maximum Gasteiger partial charge on any atom is 0.418 e. The van der Waals surface area contributed by atoms with Crippen molar-refractivity contribution in [1.82, 2.24) is 19.9 Å². The minimum Gasteiger partial charge on any atom is -0.480 e. The van der Waals surface area contributed by atoms with E-state index in [0.29, 0.717) is 12.8 Å². The van der Waals surface area contributed by atoms with E-state index < -0.39 is 29.7 Å². The fraction of sp³-hybridized carbons (Fsp3) is 0.333. The van der Waals surface area contributed by atoms with Crippen LogP contribution in [0.3, 0.4) is 0 Å². The Morgan fingerprint density at radius 1 is 1.24 bits per heavy atom. The Balaban J connectivity index is 1.91. The molecule has 1 N–H and O–H groups in total. The monoisotopic (exact) mass is 354 g/mol. The minimum atomic E-state index is -4.59. The summed E-state index contributed by atoms with van der Waals surface area (Å²) in [5.41, 5.74) is -1.38. The Morgan fingerprint density at radius 3 is 2.64 bits per heavy atom. The number of para-hydroxylation sites is 1. The average molecular weight is 354 g/mol. The van der Waals surface area contributed by atoms with Gasteiger partial charge in [0.25, 0.3) is 5.91 Å². The average Bonchev–Trinajstić information content (AvgIpc) is 3.23. The summed E-state index contributed by atoms with van der Waals surface area (Å²) >= 11 is 0. The molecule has 1 aliphatic rings. The molecule has 7 nitrogen and oxygen atoms in total. The van der Waals surface area contributed by atoms with Crippen LogP contribution in [0.5, 0.6) is 0 Å². The third-order valence-electron chi connectivity index (χ3n) is 3.97. The van der Waals surface area contributed by atoms with Crippen molar-refractivity contribution < 1.29 is 27.9 Å². The molecule has 0 bridgehead atoms. The van der Waals surface area contributed by atoms with Crippen LogP contribution in [-0.4, -0.2) is 49.5 Å². The van der Waals surface area contributed by atoms with Gasteiger partial charge in [-0.3, -0.25) is 4.79 Å².